The van der Waals surface area contributed by atoms with Crippen LogP contribution in [0.1, 0.15) is 6.92 Å². The molecule has 0 unspecified atom stereocenters. The molecule has 0 atom stereocenters. The minimum atomic E-state index is 0.655. The summed E-state index contributed by atoms with van der Waals surface area (Å²) in [5.41, 5.74) is 2.88. The summed E-state index contributed by atoms with van der Waals surface area (Å²) < 4.78 is 7.62. The van der Waals surface area contributed by atoms with Gasteiger partial charge in [-0.3, -0.25) is 4.90 Å². The van der Waals surface area contributed by atoms with Crippen molar-refractivity contribution in [2.75, 3.05) is 64.9 Å². The Morgan fingerprint density at radius 3 is 2.66 bits per heavy atom. The first-order valence-electron chi connectivity index (χ1n) is 10.3. The van der Waals surface area contributed by atoms with Crippen LogP contribution in [-0.2, 0) is 0 Å². The molecule has 0 N–H and O–H groups in total. The molecule has 29 heavy (non-hydrogen) atoms. The van der Waals surface area contributed by atoms with E-state index in [9.17, 15) is 0 Å². The van der Waals surface area contributed by atoms with Crippen LogP contribution in [0, 0.1) is 0 Å². The van der Waals surface area contributed by atoms with Crippen LogP contribution in [0.3, 0.4) is 0 Å². The molecule has 1 aromatic carbocycles. The van der Waals surface area contributed by atoms with Gasteiger partial charge in [0.05, 0.1) is 18.5 Å². The molecule has 3 heterocycles. The fourth-order valence-corrected chi connectivity index (χ4v) is 3.72. The van der Waals surface area contributed by atoms with Gasteiger partial charge in [-0.25, -0.2) is 4.98 Å². The number of likely N-dealkylation sites (N-methyl/N-ethyl adjacent to an activating group) is 1. The van der Waals surface area contributed by atoms with Gasteiger partial charge in [0.2, 0.25) is 0 Å². The maximum atomic E-state index is 5.67. The van der Waals surface area contributed by atoms with Crippen molar-refractivity contribution < 1.29 is 4.74 Å². The molecule has 1 saturated heterocycles. The molecule has 1 fully saturated rings. The molecule has 0 bridgehead atoms. The first-order valence-corrected chi connectivity index (χ1v) is 10.3. The normalized spacial score (nSPS) is 15.4. The van der Waals surface area contributed by atoms with E-state index in [0.29, 0.717) is 6.61 Å². The van der Waals surface area contributed by atoms with Crippen LogP contribution in [0.5, 0.6) is 5.75 Å². The van der Waals surface area contributed by atoms with Crippen LogP contribution >= 0.6 is 0 Å². The Morgan fingerprint density at radius 1 is 1.07 bits per heavy atom. The second-order valence-corrected chi connectivity index (χ2v) is 7.69. The van der Waals surface area contributed by atoms with E-state index < -0.39 is 0 Å². The minimum absolute atomic E-state index is 0.655. The number of fused-ring (bicyclic) bond motifs is 1. The van der Waals surface area contributed by atoms with Crippen molar-refractivity contribution in [3.8, 4) is 17.0 Å². The summed E-state index contributed by atoms with van der Waals surface area (Å²) in [5.74, 6) is 1.97. The first-order chi connectivity index (χ1) is 14.1. The zero-order valence-corrected chi connectivity index (χ0v) is 17.6. The van der Waals surface area contributed by atoms with Gasteiger partial charge in [0.25, 0.3) is 0 Å². The second-order valence-electron chi connectivity index (χ2n) is 7.69. The third kappa shape index (κ3) is 4.52. The fourth-order valence-electron chi connectivity index (χ4n) is 3.72. The van der Waals surface area contributed by atoms with E-state index in [1.807, 2.05) is 35.8 Å². The monoisotopic (exact) mass is 394 g/mol. The van der Waals surface area contributed by atoms with Gasteiger partial charge >= 0.3 is 0 Å². The van der Waals surface area contributed by atoms with Crippen molar-refractivity contribution in [3.05, 3.63) is 42.6 Å². The molecule has 7 heteroatoms. The predicted molar refractivity (Wildman–Crippen MR) is 117 cm³/mol. The topological polar surface area (TPSA) is 49.1 Å². The number of benzene rings is 1. The van der Waals surface area contributed by atoms with Crippen molar-refractivity contribution >= 4 is 11.5 Å². The van der Waals surface area contributed by atoms with Gasteiger partial charge < -0.3 is 14.5 Å². The molecular formula is C22H30N6O. The Labute approximate surface area is 172 Å². The molecule has 0 radical (unpaired) electrons. The summed E-state index contributed by atoms with van der Waals surface area (Å²) in [4.78, 5) is 12.0. The highest BCUT2D eigenvalue weighted by Crippen LogP contribution is 2.27. The predicted octanol–water partition coefficient (Wildman–Crippen LogP) is 2.48. The summed E-state index contributed by atoms with van der Waals surface area (Å²) in [6.07, 6.45) is 1.82. The standard InChI is InChI=1S/C22H30N6O/c1-4-29-19-7-5-6-18(16-19)20-17-22(28-21(24-20)8-9-23-28)27-14-12-26(13-15-27)11-10-25(2)3/h5-9,16-17H,4,10-15H2,1-3H3. The number of anilines is 1. The van der Waals surface area contributed by atoms with E-state index in [1.165, 1.54) is 0 Å². The summed E-state index contributed by atoms with van der Waals surface area (Å²) >= 11 is 0. The van der Waals surface area contributed by atoms with Gasteiger partial charge in [0.15, 0.2) is 5.65 Å². The maximum absolute atomic E-state index is 5.67. The molecule has 4 rings (SSSR count). The van der Waals surface area contributed by atoms with Crippen LogP contribution in [-0.4, -0.2) is 84.4 Å². The number of piperazine rings is 1. The molecule has 2 aromatic heterocycles. The molecule has 7 nitrogen and oxygen atoms in total. The van der Waals surface area contributed by atoms with Crippen molar-refractivity contribution in [2.24, 2.45) is 0 Å². The van der Waals surface area contributed by atoms with Gasteiger partial charge in [-0.1, -0.05) is 12.1 Å². The third-order valence-corrected chi connectivity index (χ3v) is 5.34. The SMILES string of the molecule is CCOc1cccc(-c2cc(N3CCN(CCN(C)C)CC3)n3nccc3n2)c1. The van der Waals surface area contributed by atoms with Gasteiger partial charge in [-0.15, -0.1) is 0 Å². The highest BCUT2D eigenvalue weighted by Gasteiger charge is 2.20. The number of hydrogen-bond donors (Lipinski definition) is 0. The van der Waals surface area contributed by atoms with Crippen molar-refractivity contribution in [1.29, 1.82) is 0 Å². The molecule has 0 saturated carbocycles. The van der Waals surface area contributed by atoms with Crippen molar-refractivity contribution in [1.82, 2.24) is 24.4 Å². The Morgan fingerprint density at radius 2 is 1.90 bits per heavy atom. The number of rotatable bonds is 7. The molecule has 1 aliphatic rings. The fraction of sp³-hybridized carbons (Fsp3) is 0.455. The Hall–Kier alpha value is -2.64. The van der Waals surface area contributed by atoms with Crippen LogP contribution in [0.2, 0.25) is 0 Å². The largest absolute Gasteiger partial charge is 0.494 e. The summed E-state index contributed by atoms with van der Waals surface area (Å²) in [6.45, 7) is 8.97. The first kappa shape index (κ1) is 19.7. The Balaban J connectivity index is 1.59. The lowest BCUT2D eigenvalue weighted by Crippen LogP contribution is -2.48. The summed E-state index contributed by atoms with van der Waals surface area (Å²) in [7, 11) is 4.26. The van der Waals surface area contributed by atoms with Crippen LogP contribution in [0.15, 0.2) is 42.6 Å². The zero-order valence-electron chi connectivity index (χ0n) is 17.6. The molecule has 0 aliphatic carbocycles. The molecule has 3 aromatic rings. The van der Waals surface area contributed by atoms with Gasteiger partial charge in [0, 0.05) is 57.0 Å². The smallest absolute Gasteiger partial charge is 0.157 e. The Kier molecular flexibility index (Phi) is 5.97. The number of aromatic nitrogens is 3. The molecule has 1 aliphatic heterocycles. The van der Waals surface area contributed by atoms with Crippen molar-refractivity contribution in [3.63, 3.8) is 0 Å². The van der Waals surface area contributed by atoms with E-state index in [2.05, 4.69) is 52.1 Å². The third-order valence-electron chi connectivity index (χ3n) is 5.34. The second kappa shape index (κ2) is 8.80. The van der Waals surface area contributed by atoms with E-state index in [1.54, 1.807) is 0 Å². The van der Waals surface area contributed by atoms with E-state index in [4.69, 9.17) is 9.72 Å². The van der Waals surface area contributed by atoms with Gasteiger partial charge in [-0.2, -0.15) is 9.61 Å². The lowest BCUT2D eigenvalue weighted by Gasteiger charge is -2.36. The molecule has 0 spiro atoms. The van der Waals surface area contributed by atoms with Crippen LogP contribution in [0.4, 0.5) is 5.82 Å². The summed E-state index contributed by atoms with van der Waals surface area (Å²) in [6, 6.07) is 12.3. The summed E-state index contributed by atoms with van der Waals surface area (Å²) in [5, 5.41) is 4.52. The van der Waals surface area contributed by atoms with E-state index >= 15 is 0 Å². The van der Waals surface area contributed by atoms with Gasteiger partial charge in [-0.05, 0) is 33.2 Å². The molecular weight excluding hydrogens is 364 g/mol. The van der Waals surface area contributed by atoms with E-state index in [-0.39, 0.29) is 0 Å². The molecule has 154 valence electrons. The lowest BCUT2D eigenvalue weighted by molar-refractivity contribution is 0.229. The highest BCUT2D eigenvalue weighted by molar-refractivity contribution is 5.68. The van der Waals surface area contributed by atoms with Crippen LogP contribution < -0.4 is 9.64 Å². The van der Waals surface area contributed by atoms with Gasteiger partial charge in [0.1, 0.15) is 11.6 Å². The minimum Gasteiger partial charge on any atom is -0.494 e. The van der Waals surface area contributed by atoms with E-state index in [0.717, 1.165) is 67.7 Å². The average molecular weight is 395 g/mol. The maximum Gasteiger partial charge on any atom is 0.157 e. The highest BCUT2D eigenvalue weighted by atomic mass is 16.5. The van der Waals surface area contributed by atoms with Crippen LogP contribution in [0.25, 0.3) is 16.9 Å². The van der Waals surface area contributed by atoms with Crippen molar-refractivity contribution in [2.45, 2.75) is 6.92 Å². The number of ether oxygens (including phenoxy) is 1. The average Bonchev–Trinajstić information content (AvgIpc) is 3.21. The molecule has 0 amide bonds. The lowest BCUT2D eigenvalue weighted by atomic mass is 10.1. The quantitative estimate of drug-likeness (QED) is 0.614. The number of nitrogens with zero attached hydrogens (tertiary/aromatic N) is 6. The number of hydrogen-bond acceptors (Lipinski definition) is 6. The zero-order chi connectivity index (χ0) is 20.2. The Bertz CT molecular complexity index is 945.